The summed E-state index contributed by atoms with van der Waals surface area (Å²) in [5, 5.41) is 6.51. The molecule has 0 aliphatic heterocycles. The van der Waals surface area contributed by atoms with Crippen molar-refractivity contribution in [2.45, 2.75) is 38.6 Å². The summed E-state index contributed by atoms with van der Waals surface area (Å²) in [5.74, 6) is 2.87. The third kappa shape index (κ3) is 2.38. The first-order valence-electron chi connectivity index (χ1n) is 8.60. The molecule has 110 valence electrons. The minimum Gasteiger partial charge on any atom is -0.310 e. The molecule has 2 fully saturated rings. The Morgan fingerprint density at radius 1 is 1.00 bits per heavy atom. The molecule has 1 N–H and O–H groups in total. The molecule has 3 atom stereocenters. The van der Waals surface area contributed by atoms with E-state index in [2.05, 4.69) is 54.7 Å². The van der Waals surface area contributed by atoms with E-state index in [-0.39, 0.29) is 0 Å². The molecule has 2 aromatic rings. The molecule has 0 amide bonds. The predicted molar refractivity (Wildman–Crippen MR) is 89.3 cm³/mol. The molecule has 0 radical (unpaired) electrons. The van der Waals surface area contributed by atoms with Crippen LogP contribution in [0.3, 0.4) is 0 Å². The van der Waals surface area contributed by atoms with Crippen LogP contribution in [0.5, 0.6) is 0 Å². The maximum atomic E-state index is 3.78. The number of rotatable bonds is 4. The van der Waals surface area contributed by atoms with E-state index in [0.29, 0.717) is 6.04 Å². The van der Waals surface area contributed by atoms with Gasteiger partial charge in [0.15, 0.2) is 0 Å². The van der Waals surface area contributed by atoms with Crippen molar-refractivity contribution in [3.05, 3.63) is 48.0 Å². The second-order valence-corrected chi connectivity index (χ2v) is 6.83. The fourth-order valence-electron chi connectivity index (χ4n) is 4.64. The van der Waals surface area contributed by atoms with Gasteiger partial charge >= 0.3 is 0 Å². The van der Waals surface area contributed by atoms with Gasteiger partial charge in [-0.15, -0.1) is 0 Å². The van der Waals surface area contributed by atoms with Crippen LogP contribution in [0.25, 0.3) is 10.8 Å². The molecule has 21 heavy (non-hydrogen) atoms. The zero-order valence-corrected chi connectivity index (χ0v) is 12.9. The molecule has 2 aromatic carbocycles. The third-order valence-electron chi connectivity index (χ3n) is 5.66. The second kappa shape index (κ2) is 5.46. The van der Waals surface area contributed by atoms with Crippen molar-refractivity contribution in [2.75, 3.05) is 6.54 Å². The Hall–Kier alpha value is -1.34. The van der Waals surface area contributed by atoms with Gasteiger partial charge < -0.3 is 5.32 Å². The highest BCUT2D eigenvalue weighted by Crippen LogP contribution is 2.60. The van der Waals surface area contributed by atoms with Crippen LogP contribution in [0, 0.1) is 17.8 Å². The molecule has 0 saturated heterocycles. The number of hydrogen-bond acceptors (Lipinski definition) is 1. The normalized spacial score (nSPS) is 29.1. The Morgan fingerprint density at radius 2 is 1.71 bits per heavy atom. The second-order valence-electron chi connectivity index (χ2n) is 6.83. The van der Waals surface area contributed by atoms with Gasteiger partial charge in [0.2, 0.25) is 0 Å². The molecule has 0 aromatic heterocycles. The van der Waals surface area contributed by atoms with Crippen LogP contribution >= 0.6 is 0 Å². The zero-order valence-electron chi connectivity index (χ0n) is 12.9. The summed E-state index contributed by atoms with van der Waals surface area (Å²) in [6.45, 7) is 3.30. The molecular formula is C20H25N. The van der Waals surface area contributed by atoms with E-state index in [0.717, 1.165) is 24.3 Å². The first-order valence-corrected chi connectivity index (χ1v) is 8.60. The first kappa shape index (κ1) is 13.3. The molecular weight excluding hydrogens is 254 g/mol. The van der Waals surface area contributed by atoms with Gasteiger partial charge in [-0.05, 0) is 59.5 Å². The van der Waals surface area contributed by atoms with Gasteiger partial charge in [-0.1, -0.05) is 56.2 Å². The van der Waals surface area contributed by atoms with Crippen molar-refractivity contribution in [1.29, 1.82) is 0 Å². The standard InChI is InChI=1S/C20H25N/c1-2-21-20(19-17-9-5-6-10-18(17)19)16-12-11-14-7-3-4-8-15(14)13-16/h3-4,7-8,11-13,17-21H,2,5-6,9-10H2,1H3. The van der Waals surface area contributed by atoms with Gasteiger partial charge in [0.05, 0.1) is 0 Å². The van der Waals surface area contributed by atoms with Crippen molar-refractivity contribution in [3.8, 4) is 0 Å². The molecule has 0 spiro atoms. The van der Waals surface area contributed by atoms with E-state index in [9.17, 15) is 0 Å². The maximum absolute atomic E-state index is 3.78. The monoisotopic (exact) mass is 279 g/mol. The summed E-state index contributed by atoms with van der Waals surface area (Å²) in [6, 6.07) is 16.3. The van der Waals surface area contributed by atoms with Crippen LogP contribution in [-0.2, 0) is 0 Å². The highest BCUT2D eigenvalue weighted by atomic mass is 14.9. The Kier molecular flexibility index (Phi) is 3.46. The smallest absolute Gasteiger partial charge is 0.0354 e. The van der Waals surface area contributed by atoms with Gasteiger partial charge in [0.25, 0.3) is 0 Å². The molecule has 3 unspecified atom stereocenters. The molecule has 1 heteroatoms. The Morgan fingerprint density at radius 3 is 2.43 bits per heavy atom. The summed E-state index contributed by atoms with van der Waals surface area (Å²) in [7, 11) is 0. The van der Waals surface area contributed by atoms with Crippen molar-refractivity contribution in [3.63, 3.8) is 0 Å². The fraction of sp³-hybridized carbons (Fsp3) is 0.500. The van der Waals surface area contributed by atoms with Crippen molar-refractivity contribution in [2.24, 2.45) is 17.8 Å². The minimum atomic E-state index is 0.563. The summed E-state index contributed by atoms with van der Waals surface area (Å²) in [4.78, 5) is 0. The molecule has 2 saturated carbocycles. The Labute approximate surface area is 127 Å². The Bertz CT molecular complexity index is 621. The van der Waals surface area contributed by atoms with Crippen molar-refractivity contribution < 1.29 is 0 Å². The van der Waals surface area contributed by atoms with Crippen LogP contribution in [0.1, 0.15) is 44.2 Å². The SMILES string of the molecule is CCNC(c1ccc2ccccc2c1)C1C2CCCCC21. The lowest BCUT2D eigenvalue weighted by Gasteiger charge is -2.19. The summed E-state index contributed by atoms with van der Waals surface area (Å²) >= 11 is 0. The molecule has 0 heterocycles. The van der Waals surface area contributed by atoms with Crippen LogP contribution < -0.4 is 5.32 Å². The molecule has 1 nitrogen and oxygen atoms in total. The van der Waals surface area contributed by atoms with E-state index in [4.69, 9.17) is 0 Å². The van der Waals surface area contributed by atoms with E-state index in [1.165, 1.54) is 42.0 Å². The first-order chi connectivity index (χ1) is 10.4. The lowest BCUT2D eigenvalue weighted by Crippen LogP contribution is -2.23. The fourth-order valence-corrected chi connectivity index (χ4v) is 4.64. The van der Waals surface area contributed by atoms with Gasteiger partial charge in [-0.3, -0.25) is 0 Å². The van der Waals surface area contributed by atoms with Crippen LogP contribution in [0.2, 0.25) is 0 Å². The number of fused-ring (bicyclic) bond motifs is 2. The highest BCUT2D eigenvalue weighted by Gasteiger charge is 2.54. The lowest BCUT2D eigenvalue weighted by atomic mass is 9.97. The van der Waals surface area contributed by atoms with E-state index >= 15 is 0 Å². The molecule has 0 bridgehead atoms. The largest absolute Gasteiger partial charge is 0.310 e. The highest BCUT2D eigenvalue weighted by molar-refractivity contribution is 5.83. The molecule has 2 aliphatic carbocycles. The minimum absolute atomic E-state index is 0.563. The van der Waals surface area contributed by atoms with Gasteiger partial charge in [0.1, 0.15) is 0 Å². The summed E-state index contributed by atoms with van der Waals surface area (Å²) < 4.78 is 0. The third-order valence-corrected chi connectivity index (χ3v) is 5.66. The maximum Gasteiger partial charge on any atom is 0.0354 e. The molecule has 2 aliphatic rings. The van der Waals surface area contributed by atoms with Crippen molar-refractivity contribution in [1.82, 2.24) is 5.32 Å². The predicted octanol–water partition coefficient (Wildman–Crippen LogP) is 4.93. The average molecular weight is 279 g/mol. The topological polar surface area (TPSA) is 12.0 Å². The summed E-state index contributed by atoms with van der Waals surface area (Å²) in [6.07, 6.45) is 5.83. The Balaban J connectivity index is 1.66. The zero-order chi connectivity index (χ0) is 14.2. The summed E-state index contributed by atoms with van der Waals surface area (Å²) in [5.41, 5.74) is 1.50. The van der Waals surface area contributed by atoms with E-state index in [1.807, 2.05) is 0 Å². The number of nitrogens with one attached hydrogen (secondary N) is 1. The van der Waals surface area contributed by atoms with Crippen molar-refractivity contribution >= 4 is 10.8 Å². The average Bonchev–Trinajstić information content (AvgIpc) is 3.26. The van der Waals surface area contributed by atoms with E-state index < -0.39 is 0 Å². The quantitative estimate of drug-likeness (QED) is 0.837. The van der Waals surface area contributed by atoms with E-state index in [1.54, 1.807) is 0 Å². The van der Waals surface area contributed by atoms with Crippen LogP contribution in [0.15, 0.2) is 42.5 Å². The van der Waals surface area contributed by atoms with Crippen LogP contribution in [-0.4, -0.2) is 6.54 Å². The number of hydrogen-bond donors (Lipinski definition) is 1. The van der Waals surface area contributed by atoms with Gasteiger partial charge in [-0.25, -0.2) is 0 Å². The lowest BCUT2D eigenvalue weighted by molar-refractivity contribution is 0.457. The molecule has 4 rings (SSSR count). The van der Waals surface area contributed by atoms with Crippen LogP contribution in [0.4, 0.5) is 0 Å². The van der Waals surface area contributed by atoms with Gasteiger partial charge in [0, 0.05) is 6.04 Å². The van der Waals surface area contributed by atoms with Gasteiger partial charge in [-0.2, -0.15) is 0 Å². The number of benzene rings is 2.